The summed E-state index contributed by atoms with van der Waals surface area (Å²) in [5, 5.41) is 0. The van der Waals surface area contributed by atoms with Crippen molar-refractivity contribution in [3.05, 3.63) is 53.1 Å². The molecule has 2 aromatic heterocycles. The molecule has 0 bridgehead atoms. The van der Waals surface area contributed by atoms with Gasteiger partial charge in [0, 0.05) is 43.3 Å². The van der Waals surface area contributed by atoms with Crippen molar-refractivity contribution in [3.8, 4) is 0 Å². The quantitative estimate of drug-likeness (QED) is 0.911. The van der Waals surface area contributed by atoms with Gasteiger partial charge >= 0.3 is 0 Å². The van der Waals surface area contributed by atoms with Crippen molar-refractivity contribution in [3.63, 3.8) is 0 Å². The van der Waals surface area contributed by atoms with Crippen molar-refractivity contribution in [2.45, 2.75) is 26.2 Å². The minimum atomic E-state index is 0.124. The van der Waals surface area contributed by atoms with Crippen molar-refractivity contribution in [1.82, 2.24) is 14.9 Å². The zero-order valence-electron chi connectivity index (χ0n) is 11.9. The average Bonchev–Trinajstić information content (AvgIpc) is 3.07. The summed E-state index contributed by atoms with van der Waals surface area (Å²) in [4.78, 5) is 21.8. The number of hydrogen-bond acceptors (Lipinski definition) is 2. The van der Waals surface area contributed by atoms with Crippen LogP contribution in [-0.2, 0) is 0 Å². The molecule has 3 heterocycles. The van der Waals surface area contributed by atoms with Crippen LogP contribution < -0.4 is 0 Å². The number of likely N-dealkylation sites (tertiary alicyclic amines) is 1. The lowest BCUT2D eigenvalue weighted by Crippen LogP contribution is -2.28. The van der Waals surface area contributed by atoms with Crippen molar-refractivity contribution in [2.75, 3.05) is 13.1 Å². The number of rotatable bonds is 2. The van der Waals surface area contributed by atoms with Gasteiger partial charge in [-0.1, -0.05) is 0 Å². The van der Waals surface area contributed by atoms with Crippen LogP contribution in [0, 0.1) is 13.8 Å². The van der Waals surface area contributed by atoms with E-state index in [9.17, 15) is 4.79 Å². The number of carbonyl (C=O) groups excluding carboxylic acids is 1. The number of H-pyrrole nitrogens is 1. The Morgan fingerprint density at radius 1 is 1.40 bits per heavy atom. The second-order valence-corrected chi connectivity index (χ2v) is 5.55. The number of aryl methyl sites for hydroxylation is 2. The number of nitrogens with one attached hydrogen (secondary N) is 1. The Bertz CT molecular complexity index is 632. The van der Waals surface area contributed by atoms with E-state index in [0.29, 0.717) is 5.92 Å². The van der Waals surface area contributed by atoms with Crippen LogP contribution in [0.2, 0.25) is 0 Å². The van der Waals surface area contributed by atoms with Gasteiger partial charge in [-0.15, -0.1) is 0 Å². The SMILES string of the molecule is Cc1ccnc(C2CCN(C(=O)c3c[nH]cc3C)C2)c1. The molecule has 1 saturated heterocycles. The predicted octanol–water partition coefficient (Wildman–Crippen LogP) is 2.66. The van der Waals surface area contributed by atoms with E-state index in [1.165, 1.54) is 5.56 Å². The molecule has 20 heavy (non-hydrogen) atoms. The van der Waals surface area contributed by atoms with Crippen molar-refractivity contribution in [1.29, 1.82) is 0 Å². The number of hydrogen-bond donors (Lipinski definition) is 1. The number of aromatic amines is 1. The zero-order chi connectivity index (χ0) is 14.1. The number of pyridine rings is 1. The molecule has 0 spiro atoms. The van der Waals surface area contributed by atoms with Gasteiger partial charge < -0.3 is 9.88 Å². The molecule has 1 fully saturated rings. The van der Waals surface area contributed by atoms with E-state index in [1.54, 1.807) is 6.20 Å². The highest BCUT2D eigenvalue weighted by molar-refractivity contribution is 5.95. The van der Waals surface area contributed by atoms with E-state index in [1.807, 2.05) is 30.3 Å². The van der Waals surface area contributed by atoms with E-state index in [-0.39, 0.29) is 5.91 Å². The molecular weight excluding hydrogens is 250 g/mol. The van der Waals surface area contributed by atoms with Crippen LogP contribution in [0.5, 0.6) is 0 Å². The molecule has 1 unspecified atom stereocenters. The van der Waals surface area contributed by atoms with Gasteiger partial charge in [-0.2, -0.15) is 0 Å². The molecule has 2 aromatic rings. The number of nitrogens with zero attached hydrogens (tertiary/aromatic N) is 2. The van der Waals surface area contributed by atoms with Crippen LogP contribution in [-0.4, -0.2) is 33.9 Å². The first kappa shape index (κ1) is 12.9. The fourth-order valence-electron chi connectivity index (χ4n) is 2.81. The van der Waals surface area contributed by atoms with Gasteiger partial charge in [0.25, 0.3) is 5.91 Å². The predicted molar refractivity (Wildman–Crippen MR) is 77.8 cm³/mol. The number of carbonyl (C=O) groups is 1. The highest BCUT2D eigenvalue weighted by Gasteiger charge is 2.29. The number of amides is 1. The van der Waals surface area contributed by atoms with Gasteiger partial charge in [0.1, 0.15) is 0 Å². The van der Waals surface area contributed by atoms with Crippen molar-refractivity contribution in [2.24, 2.45) is 0 Å². The summed E-state index contributed by atoms with van der Waals surface area (Å²) in [6.45, 7) is 5.61. The smallest absolute Gasteiger partial charge is 0.255 e. The Labute approximate surface area is 118 Å². The third kappa shape index (κ3) is 2.33. The Hall–Kier alpha value is -2.10. The first-order valence-electron chi connectivity index (χ1n) is 7.00. The molecule has 1 N–H and O–H groups in total. The summed E-state index contributed by atoms with van der Waals surface area (Å²) in [7, 11) is 0. The average molecular weight is 269 g/mol. The highest BCUT2D eigenvalue weighted by atomic mass is 16.2. The lowest BCUT2D eigenvalue weighted by molar-refractivity contribution is 0.0790. The van der Waals surface area contributed by atoms with E-state index in [0.717, 1.165) is 36.3 Å². The molecule has 3 rings (SSSR count). The summed E-state index contributed by atoms with van der Waals surface area (Å²) in [6.07, 6.45) is 6.50. The van der Waals surface area contributed by atoms with Crippen molar-refractivity contribution >= 4 is 5.91 Å². The van der Waals surface area contributed by atoms with Gasteiger partial charge in [0.05, 0.1) is 5.56 Å². The molecule has 0 aromatic carbocycles. The standard InChI is InChI=1S/C16H19N3O/c1-11-3-5-18-15(7-11)13-4-6-19(10-13)16(20)14-9-17-8-12(14)2/h3,5,7-9,13,17H,4,6,10H2,1-2H3. The summed E-state index contributed by atoms with van der Waals surface area (Å²) in [5.41, 5.74) is 4.11. The molecule has 104 valence electrons. The monoisotopic (exact) mass is 269 g/mol. The molecule has 1 atom stereocenters. The molecular formula is C16H19N3O. The zero-order valence-corrected chi connectivity index (χ0v) is 11.9. The maximum Gasteiger partial charge on any atom is 0.255 e. The maximum absolute atomic E-state index is 12.5. The number of aromatic nitrogens is 2. The van der Waals surface area contributed by atoms with E-state index >= 15 is 0 Å². The molecule has 1 amide bonds. The van der Waals surface area contributed by atoms with Crippen LogP contribution in [0.3, 0.4) is 0 Å². The second kappa shape index (κ2) is 5.12. The Morgan fingerprint density at radius 2 is 2.25 bits per heavy atom. The summed E-state index contributed by atoms with van der Waals surface area (Å²) in [6, 6.07) is 4.13. The molecule has 0 saturated carbocycles. The van der Waals surface area contributed by atoms with Crippen molar-refractivity contribution < 1.29 is 4.79 Å². The largest absolute Gasteiger partial charge is 0.367 e. The minimum absolute atomic E-state index is 0.124. The van der Waals surface area contributed by atoms with Crippen LogP contribution in [0.4, 0.5) is 0 Å². The van der Waals surface area contributed by atoms with Gasteiger partial charge in [0.15, 0.2) is 0 Å². The van der Waals surface area contributed by atoms with E-state index < -0.39 is 0 Å². The molecule has 0 radical (unpaired) electrons. The fraction of sp³-hybridized carbons (Fsp3) is 0.375. The second-order valence-electron chi connectivity index (χ2n) is 5.55. The van der Waals surface area contributed by atoms with Gasteiger partial charge in [-0.05, 0) is 43.5 Å². The highest BCUT2D eigenvalue weighted by Crippen LogP contribution is 2.27. The first-order chi connectivity index (χ1) is 9.65. The minimum Gasteiger partial charge on any atom is -0.367 e. The van der Waals surface area contributed by atoms with E-state index in [4.69, 9.17) is 0 Å². The normalized spacial score (nSPS) is 18.5. The van der Waals surface area contributed by atoms with E-state index in [2.05, 4.69) is 23.0 Å². The van der Waals surface area contributed by atoms with Crippen LogP contribution in [0.15, 0.2) is 30.7 Å². The molecule has 4 heteroatoms. The third-order valence-corrected chi connectivity index (χ3v) is 4.01. The summed E-state index contributed by atoms with van der Waals surface area (Å²) in [5.74, 6) is 0.483. The third-order valence-electron chi connectivity index (χ3n) is 4.01. The summed E-state index contributed by atoms with van der Waals surface area (Å²) < 4.78 is 0. The first-order valence-corrected chi connectivity index (χ1v) is 7.00. The van der Waals surface area contributed by atoms with Gasteiger partial charge in [-0.25, -0.2) is 0 Å². The molecule has 1 aliphatic heterocycles. The maximum atomic E-state index is 12.5. The lowest BCUT2D eigenvalue weighted by Gasteiger charge is -2.16. The fourth-order valence-corrected chi connectivity index (χ4v) is 2.81. The Morgan fingerprint density at radius 3 is 2.95 bits per heavy atom. The Kier molecular flexibility index (Phi) is 3.30. The van der Waals surface area contributed by atoms with Crippen LogP contribution in [0.1, 0.15) is 39.5 Å². The molecule has 1 aliphatic rings. The summed E-state index contributed by atoms with van der Waals surface area (Å²) >= 11 is 0. The van der Waals surface area contributed by atoms with Gasteiger partial charge in [-0.3, -0.25) is 9.78 Å². The van der Waals surface area contributed by atoms with Crippen LogP contribution >= 0.6 is 0 Å². The molecule has 4 nitrogen and oxygen atoms in total. The lowest BCUT2D eigenvalue weighted by atomic mass is 10.0. The van der Waals surface area contributed by atoms with Gasteiger partial charge in [0.2, 0.25) is 0 Å². The molecule has 0 aliphatic carbocycles. The topological polar surface area (TPSA) is 49.0 Å². The Balaban J connectivity index is 1.74. The van der Waals surface area contributed by atoms with Crippen LogP contribution in [0.25, 0.3) is 0 Å².